The number of ether oxygens (including phenoxy) is 2. The molecule has 0 atom stereocenters. The van der Waals surface area contributed by atoms with E-state index in [1.54, 1.807) is 0 Å². The second-order valence-corrected chi connectivity index (χ2v) is 7.24. The fraction of sp³-hybridized carbons (Fsp3) is 0.867. The SMILES string of the molecule is CC(C)(C)CCOC(=O)CC(=O)OCCC(C)(C)C. The Morgan fingerprint density at radius 2 is 1.05 bits per heavy atom. The lowest BCUT2D eigenvalue weighted by Gasteiger charge is -2.18. The maximum atomic E-state index is 11.4. The molecule has 4 heteroatoms. The van der Waals surface area contributed by atoms with Gasteiger partial charge >= 0.3 is 11.9 Å². The summed E-state index contributed by atoms with van der Waals surface area (Å²) in [6.45, 7) is 13.1. The maximum Gasteiger partial charge on any atom is 0.317 e. The molecule has 0 aliphatic carbocycles. The topological polar surface area (TPSA) is 52.6 Å². The first kappa shape index (κ1) is 17.9. The van der Waals surface area contributed by atoms with E-state index in [0.717, 1.165) is 12.8 Å². The Balaban J connectivity index is 3.73. The monoisotopic (exact) mass is 272 g/mol. The van der Waals surface area contributed by atoms with Gasteiger partial charge in [0, 0.05) is 0 Å². The summed E-state index contributed by atoms with van der Waals surface area (Å²) in [5.74, 6) is -1.02. The van der Waals surface area contributed by atoms with Crippen molar-refractivity contribution in [2.75, 3.05) is 13.2 Å². The fourth-order valence-electron chi connectivity index (χ4n) is 1.16. The van der Waals surface area contributed by atoms with Crippen LogP contribution < -0.4 is 0 Å². The minimum Gasteiger partial charge on any atom is -0.465 e. The fourth-order valence-corrected chi connectivity index (χ4v) is 1.16. The Morgan fingerprint density at radius 3 is 1.32 bits per heavy atom. The molecule has 0 aliphatic rings. The molecule has 0 heterocycles. The van der Waals surface area contributed by atoms with E-state index in [-0.39, 0.29) is 17.3 Å². The Hall–Kier alpha value is -1.06. The van der Waals surface area contributed by atoms with E-state index in [2.05, 4.69) is 41.5 Å². The van der Waals surface area contributed by atoms with Crippen LogP contribution in [0.25, 0.3) is 0 Å². The van der Waals surface area contributed by atoms with Gasteiger partial charge in [0.05, 0.1) is 13.2 Å². The van der Waals surface area contributed by atoms with Gasteiger partial charge in [-0.05, 0) is 23.7 Å². The molecular formula is C15H28O4. The quantitative estimate of drug-likeness (QED) is 0.549. The molecule has 0 rings (SSSR count). The second kappa shape index (κ2) is 7.51. The molecule has 0 amide bonds. The Kier molecular flexibility index (Phi) is 7.09. The van der Waals surface area contributed by atoms with Gasteiger partial charge in [0.2, 0.25) is 0 Å². The summed E-state index contributed by atoms with van der Waals surface area (Å²) in [4.78, 5) is 22.8. The molecule has 0 aromatic carbocycles. The first-order chi connectivity index (χ1) is 8.49. The molecule has 0 fully saturated rings. The summed E-state index contributed by atoms with van der Waals surface area (Å²) in [5.41, 5.74) is 0.237. The Labute approximate surface area is 116 Å². The van der Waals surface area contributed by atoms with Crippen LogP contribution in [-0.2, 0) is 19.1 Å². The lowest BCUT2D eigenvalue weighted by atomic mass is 9.93. The molecule has 0 aromatic rings. The zero-order valence-electron chi connectivity index (χ0n) is 13.2. The van der Waals surface area contributed by atoms with E-state index in [1.807, 2.05) is 0 Å². The van der Waals surface area contributed by atoms with Crippen molar-refractivity contribution in [1.82, 2.24) is 0 Å². The van der Waals surface area contributed by atoms with Crippen molar-refractivity contribution in [3.8, 4) is 0 Å². The molecule has 0 saturated carbocycles. The lowest BCUT2D eigenvalue weighted by molar-refractivity contribution is -0.155. The van der Waals surface area contributed by atoms with Gasteiger partial charge in [-0.25, -0.2) is 0 Å². The van der Waals surface area contributed by atoms with Gasteiger partial charge in [-0.1, -0.05) is 41.5 Å². The number of carbonyl (C=O) groups is 2. The van der Waals surface area contributed by atoms with Crippen LogP contribution in [0.15, 0.2) is 0 Å². The summed E-state index contributed by atoms with van der Waals surface area (Å²) in [5, 5.41) is 0. The molecule has 0 aromatic heterocycles. The number of carbonyl (C=O) groups excluding carboxylic acids is 2. The van der Waals surface area contributed by atoms with Crippen molar-refractivity contribution < 1.29 is 19.1 Å². The van der Waals surface area contributed by atoms with Gasteiger partial charge in [-0.2, -0.15) is 0 Å². The highest BCUT2D eigenvalue weighted by Gasteiger charge is 2.16. The average molecular weight is 272 g/mol. The number of rotatable bonds is 6. The average Bonchev–Trinajstić information content (AvgIpc) is 2.12. The first-order valence-corrected chi connectivity index (χ1v) is 6.81. The van der Waals surface area contributed by atoms with Gasteiger partial charge in [-0.15, -0.1) is 0 Å². The summed E-state index contributed by atoms with van der Waals surface area (Å²) >= 11 is 0. The van der Waals surface area contributed by atoms with Crippen LogP contribution in [-0.4, -0.2) is 25.2 Å². The molecule has 0 N–H and O–H groups in total. The van der Waals surface area contributed by atoms with Crippen LogP contribution in [0.1, 0.15) is 60.8 Å². The van der Waals surface area contributed by atoms with Crippen molar-refractivity contribution >= 4 is 11.9 Å². The van der Waals surface area contributed by atoms with Crippen LogP contribution in [0, 0.1) is 10.8 Å². The van der Waals surface area contributed by atoms with Crippen LogP contribution >= 0.6 is 0 Å². The third-order valence-electron chi connectivity index (χ3n) is 2.52. The van der Waals surface area contributed by atoms with Crippen LogP contribution in [0.5, 0.6) is 0 Å². The minimum atomic E-state index is -0.509. The van der Waals surface area contributed by atoms with E-state index >= 15 is 0 Å². The highest BCUT2D eigenvalue weighted by Crippen LogP contribution is 2.19. The van der Waals surface area contributed by atoms with Gasteiger partial charge < -0.3 is 9.47 Å². The molecule has 0 radical (unpaired) electrons. The van der Waals surface area contributed by atoms with E-state index in [4.69, 9.17) is 9.47 Å². The standard InChI is InChI=1S/C15H28O4/c1-14(2,3)7-9-18-12(16)11-13(17)19-10-8-15(4,5)6/h7-11H2,1-6H3. The van der Waals surface area contributed by atoms with Crippen molar-refractivity contribution in [1.29, 1.82) is 0 Å². The minimum absolute atomic E-state index is 0.119. The molecule has 0 saturated heterocycles. The summed E-state index contributed by atoms with van der Waals surface area (Å²) in [6.07, 6.45) is 1.25. The zero-order chi connectivity index (χ0) is 15.1. The predicted octanol–water partition coefficient (Wildman–Crippen LogP) is 3.34. The number of hydrogen-bond donors (Lipinski definition) is 0. The number of hydrogen-bond acceptors (Lipinski definition) is 4. The van der Waals surface area contributed by atoms with Crippen molar-refractivity contribution in [3.05, 3.63) is 0 Å². The molecule has 112 valence electrons. The van der Waals surface area contributed by atoms with E-state index in [1.165, 1.54) is 0 Å². The highest BCUT2D eigenvalue weighted by atomic mass is 16.6. The normalized spacial score (nSPS) is 12.1. The van der Waals surface area contributed by atoms with Crippen LogP contribution in [0.2, 0.25) is 0 Å². The number of esters is 2. The predicted molar refractivity (Wildman–Crippen MR) is 74.7 cm³/mol. The third-order valence-corrected chi connectivity index (χ3v) is 2.52. The van der Waals surface area contributed by atoms with Crippen molar-refractivity contribution in [2.45, 2.75) is 60.8 Å². The zero-order valence-corrected chi connectivity index (χ0v) is 13.2. The maximum absolute atomic E-state index is 11.4. The molecule has 0 unspecified atom stereocenters. The Bertz CT molecular complexity index is 264. The van der Waals surface area contributed by atoms with E-state index in [0.29, 0.717) is 13.2 Å². The van der Waals surface area contributed by atoms with E-state index in [9.17, 15) is 9.59 Å². The van der Waals surface area contributed by atoms with Crippen LogP contribution in [0.3, 0.4) is 0 Å². The first-order valence-electron chi connectivity index (χ1n) is 6.81. The van der Waals surface area contributed by atoms with Gasteiger partial charge in [0.15, 0.2) is 0 Å². The van der Waals surface area contributed by atoms with Crippen molar-refractivity contribution in [3.63, 3.8) is 0 Å². The molecule has 0 spiro atoms. The molecule has 0 aliphatic heterocycles. The molecule has 4 nitrogen and oxygen atoms in total. The lowest BCUT2D eigenvalue weighted by Crippen LogP contribution is -2.18. The molecule has 19 heavy (non-hydrogen) atoms. The van der Waals surface area contributed by atoms with E-state index < -0.39 is 11.9 Å². The smallest absolute Gasteiger partial charge is 0.317 e. The molecule has 0 bridgehead atoms. The highest BCUT2D eigenvalue weighted by molar-refractivity contribution is 5.91. The van der Waals surface area contributed by atoms with Gasteiger partial charge in [0.1, 0.15) is 6.42 Å². The van der Waals surface area contributed by atoms with Gasteiger partial charge in [0.25, 0.3) is 0 Å². The summed E-state index contributed by atoms with van der Waals surface area (Å²) < 4.78 is 9.99. The summed E-state index contributed by atoms with van der Waals surface area (Å²) in [7, 11) is 0. The van der Waals surface area contributed by atoms with Gasteiger partial charge in [-0.3, -0.25) is 9.59 Å². The second-order valence-electron chi connectivity index (χ2n) is 7.24. The largest absolute Gasteiger partial charge is 0.465 e. The molecular weight excluding hydrogens is 244 g/mol. The van der Waals surface area contributed by atoms with Crippen molar-refractivity contribution in [2.24, 2.45) is 10.8 Å². The summed E-state index contributed by atoms with van der Waals surface area (Å²) in [6, 6.07) is 0. The third kappa shape index (κ3) is 13.2. The van der Waals surface area contributed by atoms with Crippen LogP contribution in [0.4, 0.5) is 0 Å². The Morgan fingerprint density at radius 1 is 0.737 bits per heavy atom.